The number of nitrogens with zero attached hydrogens (tertiary/aromatic N) is 1. The highest BCUT2D eigenvalue weighted by atomic mass is 32.2. The maximum atomic E-state index is 11.9. The number of rotatable bonds is 4. The quantitative estimate of drug-likeness (QED) is 0.867. The summed E-state index contributed by atoms with van der Waals surface area (Å²) in [4.78, 5) is 16.9. The van der Waals surface area contributed by atoms with Crippen molar-refractivity contribution in [3.63, 3.8) is 0 Å². The Balaban J connectivity index is 1.91. The summed E-state index contributed by atoms with van der Waals surface area (Å²) in [6.45, 7) is 4.04. The average Bonchev–Trinajstić information content (AvgIpc) is 2.36. The number of aromatic nitrogens is 1. The lowest BCUT2D eigenvalue weighted by Crippen LogP contribution is -2.14. The Kier molecular flexibility index (Phi) is 4.58. The molecule has 0 saturated heterocycles. The van der Waals surface area contributed by atoms with E-state index in [1.807, 2.05) is 38.1 Å². The van der Waals surface area contributed by atoms with Crippen molar-refractivity contribution in [3.8, 4) is 0 Å². The molecule has 2 aromatic rings. The molecule has 0 saturated carbocycles. The predicted molar refractivity (Wildman–Crippen MR) is 79.5 cm³/mol. The van der Waals surface area contributed by atoms with Gasteiger partial charge in [0.1, 0.15) is 0 Å². The van der Waals surface area contributed by atoms with Gasteiger partial charge in [-0.2, -0.15) is 0 Å². The molecule has 19 heavy (non-hydrogen) atoms. The minimum Gasteiger partial charge on any atom is -0.325 e. The van der Waals surface area contributed by atoms with E-state index in [0.717, 1.165) is 21.7 Å². The Morgan fingerprint density at radius 2 is 1.79 bits per heavy atom. The van der Waals surface area contributed by atoms with Gasteiger partial charge in [0, 0.05) is 23.0 Å². The summed E-state index contributed by atoms with van der Waals surface area (Å²) in [5, 5.41) is 2.92. The molecular formula is C15H16N2OS. The van der Waals surface area contributed by atoms with Crippen molar-refractivity contribution in [1.82, 2.24) is 4.98 Å². The van der Waals surface area contributed by atoms with Crippen LogP contribution in [-0.4, -0.2) is 16.6 Å². The lowest BCUT2D eigenvalue weighted by Gasteiger charge is -2.07. The van der Waals surface area contributed by atoms with Crippen LogP contribution in [-0.2, 0) is 4.79 Å². The number of hydrogen-bond acceptors (Lipinski definition) is 3. The number of hydrogen-bond donors (Lipinski definition) is 1. The number of pyridine rings is 1. The first-order valence-electron chi connectivity index (χ1n) is 6.04. The zero-order chi connectivity index (χ0) is 13.7. The highest BCUT2D eigenvalue weighted by Gasteiger charge is 2.04. The third-order valence-electron chi connectivity index (χ3n) is 2.53. The van der Waals surface area contributed by atoms with E-state index in [9.17, 15) is 4.79 Å². The van der Waals surface area contributed by atoms with Gasteiger partial charge in [-0.15, -0.1) is 11.8 Å². The molecule has 3 nitrogen and oxygen atoms in total. The van der Waals surface area contributed by atoms with E-state index in [1.165, 1.54) is 11.8 Å². The van der Waals surface area contributed by atoms with Crippen LogP contribution in [0.2, 0.25) is 0 Å². The number of carbonyl (C=O) groups is 1. The number of thioether (sulfide) groups is 1. The van der Waals surface area contributed by atoms with Crippen LogP contribution in [0.1, 0.15) is 11.1 Å². The monoisotopic (exact) mass is 272 g/mol. The smallest absolute Gasteiger partial charge is 0.234 e. The normalized spacial score (nSPS) is 10.2. The minimum absolute atomic E-state index is 0.00631. The van der Waals surface area contributed by atoms with Crippen molar-refractivity contribution >= 4 is 23.4 Å². The summed E-state index contributed by atoms with van der Waals surface area (Å²) in [5.41, 5.74) is 3.16. The second kappa shape index (κ2) is 6.38. The lowest BCUT2D eigenvalue weighted by molar-refractivity contribution is -0.113. The summed E-state index contributed by atoms with van der Waals surface area (Å²) in [5.74, 6) is 0.406. The van der Waals surface area contributed by atoms with Crippen LogP contribution >= 0.6 is 11.8 Å². The van der Waals surface area contributed by atoms with Crippen LogP contribution in [0.5, 0.6) is 0 Å². The molecule has 1 heterocycles. The maximum Gasteiger partial charge on any atom is 0.234 e. The second-order valence-corrected chi connectivity index (χ2v) is 5.44. The molecule has 1 amide bonds. The molecule has 1 aromatic heterocycles. The van der Waals surface area contributed by atoms with Crippen molar-refractivity contribution in [2.24, 2.45) is 0 Å². The first-order valence-corrected chi connectivity index (χ1v) is 7.03. The summed E-state index contributed by atoms with van der Waals surface area (Å²) >= 11 is 1.50. The highest BCUT2D eigenvalue weighted by molar-refractivity contribution is 8.00. The molecular weight excluding hydrogens is 256 g/mol. The fourth-order valence-electron chi connectivity index (χ4n) is 1.83. The molecule has 1 aromatic carbocycles. The highest BCUT2D eigenvalue weighted by Crippen LogP contribution is 2.18. The standard InChI is InChI=1S/C15H16N2OS/c1-11-7-12(2)9-13(8-11)17-15(18)10-19-14-3-5-16-6-4-14/h3-9H,10H2,1-2H3,(H,17,18). The average molecular weight is 272 g/mol. The van der Waals surface area contributed by atoms with Gasteiger partial charge in [0.05, 0.1) is 5.75 Å². The largest absolute Gasteiger partial charge is 0.325 e. The van der Waals surface area contributed by atoms with Gasteiger partial charge < -0.3 is 5.32 Å². The van der Waals surface area contributed by atoms with E-state index in [2.05, 4.69) is 16.4 Å². The summed E-state index contributed by atoms with van der Waals surface area (Å²) in [6, 6.07) is 9.83. The molecule has 2 rings (SSSR count). The van der Waals surface area contributed by atoms with E-state index in [0.29, 0.717) is 5.75 Å². The zero-order valence-corrected chi connectivity index (χ0v) is 11.8. The fourth-order valence-corrected chi connectivity index (χ4v) is 2.51. The molecule has 0 radical (unpaired) electrons. The SMILES string of the molecule is Cc1cc(C)cc(NC(=O)CSc2ccncc2)c1. The minimum atomic E-state index is 0.00631. The Bertz CT molecular complexity index is 549. The number of benzene rings is 1. The molecule has 4 heteroatoms. The van der Waals surface area contributed by atoms with Crippen LogP contribution in [0, 0.1) is 13.8 Å². The predicted octanol–water partition coefficient (Wildman–Crippen LogP) is 3.43. The zero-order valence-electron chi connectivity index (χ0n) is 11.0. The van der Waals surface area contributed by atoms with Gasteiger partial charge in [-0.1, -0.05) is 6.07 Å². The van der Waals surface area contributed by atoms with Crippen LogP contribution in [0.15, 0.2) is 47.6 Å². The van der Waals surface area contributed by atoms with Gasteiger partial charge in [-0.05, 0) is 49.2 Å². The third kappa shape index (κ3) is 4.41. The van der Waals surface area contributed by atoms with Crippen LogP contribution in [0.25, 0.3) is 0 Å². The Morgan fingerprint density at radius 3 is 2.42 bits per heavy atom. The van der Waals surface area contributed by atoms with Gasteiger partial charge in [-0.25, -0.2) is 0 Å². The summed E-state index contributed by atoms with van der Waals surface area (Å²) in [6.07, 6.45) is 3.45. The number of carbonyl (C=O) groups excluding carboxylic acids is 1. The van der Waals surface area contributed by atoms with E-state index in [4.69, 9.17) is 0 Å². The first-order chi connectivity index (χ1) is 9.13. The van der Waals surface area contributed by atoms with Gasteiger partial charge in [0.15, 0.2) is 0 Å². The molecule has 0 aliphatic carbocycles. The topological polar surface area (TPSA) is 42.0 Å². The fraction of sp³-hybridized carbons (Fsp3) is 0.200. The van der Waals surface area contributed by atoms with Gasteiger partial charge in [-0.3, -0.25) is 9.78 Å². The molecule has 0 fully saturated rings. The van der Waals surface area contributed by atoms with Crippen molar-refractivity contribution < 1.29 is 4.79 Å². The Labute approximate surface area is 117 Å². The van der Waals surface area contributed by atoms with E-state index in [1.54, 1.807) is 12.4 Å². The second-order valence-electron chi connectivity index (χ2n) is 4.40. The molecule has 0 aliphatic rings. The molecule has 0 spiro atoms. The maximum absolute atomic E-state index is 11.9. The Hall–Kier alpha value is -1.81. The first kappa shape index (κ1) is 13.6. The number of nitrogens with one attached hydrogen (secondary N) is 1. The van der Waals surface area contributed by atoms with Gasteiger partial charge >= 0.3 is 0 Å². The van der Waals surface area contributed by atoms with E-state index >= 15 is 0 Å². The molecule has 0 unspecified atom stereocenters. The van der Waals surface area contributed by atoms with Crippen LogP contribution in [0.3, 0.4) is 0 Å². The molecule has 0 bridgehead atoms. The third-order valence-corrected chi connectivity index (χ3v) is 3.54. The number of aryl methyl sites for hydroxylation is 2. The van der Waals surface area contributed by atoms with Crippen molar-refractivity contribution in [2.45, 2.75) is 18.7 Å². The van der Waals surface area contributed by atoms with Crippen LogP contribution in [0.4, 0.5) is 5.69 Å². The van der Waals surface area contributed by atoms with Crippen molar-refractivity contribution in [2.75, 3.05) is 11.1 Å². The number of amides is 1. The molecule has 98 valence electrons. The van der Waals surface area contributed by atoms with Crippen molar-refractivity contribution in [1.29, 1.82) is 0 Å². The molecule has 0 aliphatic heterocycles. The Morgan fingerprint density at radius 1 is 1.16 bits per heavy atom. The number of anilines is 1. The molecule has 0 atom stereocenters. The summed E-state index contributed by atoms with van der Waals surface area (Å²) in [7, 11) is 0. The van der Waals surface area contributed by atoms with Gasteiger partial charge in [0.25, 0.3) is 0 Å². The summed E-state index contributed by atoms with van der Waals surface area (Å²) < 4.78 is 0. The van der Waals surface area contributed by atoms with Crippen molar-refractivity contribution in [3.05, 3.63) is 53.9 Å². The lowest BCUT2D eigenvalue weighted by atomic mass is 10.1. The van der Waals surface area contributed by atoms with E-state index in [-0.39, 0.29) is 5.91 Å². The van der Waals surface area contributed by atoms with E-state index < -0.39 is 0 Å². The van der Waals surface area contributed by atoms with Crippen LogP contribution < -0.4 is 5.32 Å². The van der Waals surface area contributed by atoms with Gasteiger partial charge in [0.2, 0.25) is 5.91 Å². The molecule has 1 N–H and O–H groups in total.